The average molecular weight is 433 g/mol. The largest absolute Gasteiger partial charge is 0.271 e. The molecule has 0 amide bonds. The van der Waals surface area contributed by atoms with Gasteiger partial charge in [-0.3, -0.25) is 10.0 Å². The van der Waals surface area contributed by atoms with Gasteiger partial charge < -0.3 is 0 Å². The monoisotopic (exact) mass is 432 g/mol. The van der Waals surface area contributed by atoms with Crippen molar-refractivity contribution in [1.29, 1.82) is 0 Å². The van der Waals surface area contributed by atoms with Crippen LogP contribution in [0.25, 0.3) is 0 Å². The van der Waals surface area contributed by atoms with E-state index in [9.17, 15) is 0 Å². The van der Waals surface area contributed by atoms with Gasteiger partial charge in [0.1, 0.15) is 6.67 Å². The predicted octanol–water partition coefficient (Wildman–Crippen LogP) is 6.02. The lowest BCUT2D eigenvalue weighted by Crippen LogP contribution is -2.31. The highest BCUT2D eigenvalue weighted by molar-refractivity contribution is 5.79. The minimum atomic E-state index is 0.552. The summed E-state index contributed by atoms with van der Waals surface area (Å²) in [5, 5.41) is 13.7. The fourth-order valence-electron chi connectivity index (χ4n) is 3.41. The Hall–Kier alpha value is -4.18. The molecule has 0 N–H and O–H groups in total. The minimum absolute atomic E-state index is 0.552. The van der Waals surface area contributed by atoms with Gasteiger partial charge in [0.2, 0.25) is 0 Å². The molecule has 0 unspecified atom stereocenters. The van der Waals surface area contributed by atoms with Gasteiger partial charge >= 0.3 is 0 Å². The van der Waals surface area contributed by atoms with E-state index in [1.165, 1.54) is 11.1 Å². The molecule has 4 heteroatoms. The van der Waals surface area contributed by atoms with E-state index < -0.39 is 0 Å². The van der Waals surface area contributed by atoms with E-state index in [1.807, 2.05) is 71.0 Å². The van der Waals surface area contributed by atoms with Crippen LogP contribution >= 0.6 is 0 Å². The van der Waals surface area contributed by atoms with E-state index in [2.05, 4.69) is 72.8 Å². The van der Waals surface area contributed by atoms with E-state index in [0.717, 1.165) is 11.1 Å². The number of benzene rings is 4. The SMILES string of the molecule is C(=NN(Cc1ccccc1)CN(Cc1ccccc1)/N=C/c1ccccc1)c1ccccc1. The van der Waals surface area contributed by atoms with Gasteiger partial charge in [0.05, 0.1) is 25.5 Å². The van der Waals surface area contributed by atoms with Crippen molar-refractivity contribution in [2.24, 2.45) is 10.2 Å². The number of hydrazone groups is 2. The molecular weight excluding hydrogens is 404 g/mol. The molecule has 0 aliphatic carbocycles. The van der Waals surface area contributed by atoms with Gasteiger partial charge in [-0.05, 0) is 22.3 Å². The Balaban J connectivity index is 1.57. The van der Waals surface area contributed by atoms with E-state index in [4.69, 9.17) is 10.2 Å². The Kier molecular flexibility index (Phi) is 8.02. The summed E-state index contributed by atoms with van der Waals surface area (Å²) in [6.45, 7) is 1.93. The number of rotatable bonds is 10. The predicted molar refractivity (Wildman–Crippen MR) is 137 cm³/mol. The van der Waals surface area contributed by atoms with Crippen molar-refractivity contribution >= 4 is 12.4 Å². The minimum Gasteiger partial charge on any atom is -0.271 e. The van der Waals surface area contributed by atoms with E-state index in [0.29, 0.717) is 19.8 Å². The molecule has 0 aromatic heterocycles. The molecule has 0 aliphatic heterocycles. The number of nitrogens with zero attached hydrogens (tertiary/aromatic N) is 4. The van der Waals surface area contributed by atoms with Gasteiger partial charge in [0.15, 0.2) is 0 Å². The summed E-state index contributed by atoms with van der Waals surface area (Å²) < 4.78 is 0. The van der Waals surface area contributed by atoms with Crippen LogP contribution in [-0.4, -0.2) is 29.1 Å². The Morgan fingerprint density at radius 3 is 1.15 bits per heavy atom. The molecule has 0 heterocycles. The molecule has 0 radical (unpaired) electrons. The first-order valence-electron chi connectivity index (χ1n) is 11.1. The smallest absolute Gasteiger partial charge is 0.124 e. The van der Waals surface area contributed by atoms with Gasteiger partial charge in [0, 0.05) is 0 Å². The Labute approximate surface area is 196 Å². The third kappa shape index (κ3) is 7.47. The zero-order valence-corrected chi connectivity index (χ0v) is 18.6. The van der Waals surface area contributed by atoms with Crippen LogP contribution < -0.4 is 0 Å². The fraction of sp³-hybridized carbons (Fsp3) is 0.103. The van der Waals surface area contributed by atoms with Crippen molar-refractivity contribution in [3.8, 4) is 0 Å². The normalized spacial score (nSPS) is 11.2. The van der Waals surface area contributed by atoms with Crippen molar-refractivity contribution in [3.05, 3.63) is 144 Å². The molecule has 0 fully saturated rings. The van der Waals surface area contributed by atoms with Crippen molar-refractivity contribution in [2.75, 3.05) is 6.67 Å². The molecule has 33 heavy (non-hydrogen) atoms. The third-order valence-electron chi connectivity index (χ3n) is 5.08. The van der Waals surface area contributed by atoms with E-state index >= 15 is 0 Å². The second-order valence-corrected chi connectivity index (χ2v) is 7.75. The summed E-state index contributed by atoms with van der Waals surface area (Å²) >= 11 is 0. The van der Waals surface area contributed by atoms with E-state index in [-0.39, 0.29) is 0 Å². The van der Waals surface area contributed by atoms with Crippen LogP contribution in [0.2, 0.25) is 0 Å². The standard InChI is InChI=1S/C29H28N4/c1-5-13-26(14-6-1)21-30-32(23-28-17-9-3-10-18-28)25-33(24-29-19-11-4-12-20-29)31-22-27-15-7-2-8-16-27/h1-22H,23-25H2/b30-21+,31-22?. The maximum Gasteiger partial charge on any atom is 0.124 e. The van der Waals surface area contributed by atoms with Crippen LogP contribution in [0.15, 0.2) is 132 Å². The summed E-state index contributed by atoms with van der Waals surface area (Å²) in [5.41, 5.74) is 4.54. The second kappa shape index (κ2) is 12.0. The maximum absolute atomic E-state index is 4.82. The summed E-state index contributed by atoms with van der Waals surface area (Å²) in [6.07, 6.45) is 3.81. The molecule has 0 aliphatic rings. The maximum atomic E-state index is 4.82. The zero-order chi connectivity index (χ0) is 22.6. The first-order chi connectivity index (χ1) is 16.3. The molecule has 4 aromatic carbocycles. The average Bonchev–Trinajstić information content (AvgIpc) is 2.88. The highest BCUT2D eigenvalue weighted by atomic mass is 15.6. The van der Waals surface area contributed by atoms with Crippen LogP contribution in [0.4, 0.5) is 0 Å². The molecular formula is C29H28N4. The van der Waals surface area contributed by atoms with Gasteiger partial charge in [-0.15, -0.1) is 0 Å². The lowest BCUT2D eigenvalue weighted by atomic mass is 10.2. The third-order valence-corrected chi connectivity index (χ3v) is 5.08. The van der Waals surface area contributed by atoms with Crippen molar-refractivity contribution < 1.29 is 0 Å². The van der Waals surface area contributed by atoms with Crippen molar-refractivity contribution in [2.45, 2.75) is 13.1 Å². The number of hydrogen-bond acceptors (Lipinski definition) is 4. The molecule has 0 spiro atoms. The summed E-state index contributed by atoms with van der Waals surface area (Å²) in [7, 11) is 0. The van der Waals surface area contributed by atoms with Gasteiger partial charge in [-0.2, -0.15) is 10.2 Å². The van der Waals surface area contributed by atoms with Gasteiger partial charge in [-0.25, -0.2) is 0 Å². The lowest BCUT2D eigenvalue weighted by Gasteiger charge is -2.27. The topological polar surface area (TPSA) is 31.2 Å². The fourth-order valence-corrected chi connectivity index (χ4v) is 3.41. The highest BCUT2D eigenvalue weighted by Crippen LogP contribution is 2.11. The van der Waals surface area contributed by atoms with Crippen LogP contribution in [0.3, 0.4) is 0 Å². The first kappa shape index (κ1) is 22.0. The molecule has 4 nitrogen and oxygen atoms in total. The number of hydrogen-bond donors (Lipinski definition) is 0. The summed E-state index contributed by atoms with van der Waals surface area (Å²) in [6, 6.07) is 41.1. The Morgan fingerprint density at radius 1 is 0.455 bits per heavy atom. The first-order valence-corrected chi connectivity index (χ1v) is 11.1. The second-order valence-electron chi connectivity index (χ2n) is 7.75. The van der Waals surface area contributed by atoms with Crippen LogP contribution in [0.5, 0.6) is 0 Å². The molecule has 0 saturated heterocycles. The summed E-state index contributed by atoms with van der Waals surface area (Å²) in [5.74, 6) is 0. The van der Waals surface area contributed by atoms with Crippen LogP contribution in [0.1, 0.15) is 22.3 Å². The van der Waals surface area contributed by atoms with Crippen molar-refractivity contribution in [1.82, 2.24) is 10.0 Å². The highest BCUT2D eigenvalue weighted by Gasteiger charge is 2.10. The molecule has 0 atom stereocenters. The quantitative estimate of drug-likeness (QED) is 0.174. The molecule has 164 valence electrons. The Morgan fingerprint density at radius 2 is 0.788 bits per heavy atom. The lowest BCUT2D eigenvalue weighted by molar-refractivity contribution is 0.128. The Bertz CT molecular complexity index is 1030. The molecule has 4 rings (SSSR count). The van der Waals surface area contributed by atoms with E-state index in [1.54, 1.807) is 0 Å². The van der Waals surface area contributed by atoms with Crippen molar-refractivity contribution in [3.63, 3.8) is 0 Å². The molecule has 0 saturated carbocycles. The van der Waals surface area contributed by atoms with Gasteiger partial charge in [0.25, 0.3) is 0 Å². The molecule has 0 bridgehead atoms. The molecule has 4 aromatic rings. The van der Waals surface area contributed by atoms with Crippen LogP contribution in [0, 0.1) is 0 Å². The van der Waals surface area contributed by atoms with Gasteiger partial charge in [-0.1, -0.05) is 121 Å². The summed E-state index contributed by atoms with van der Waals surface area (Å²) in [4.78, 5) is 0. The van der Waals surface area contributed by atoms with Crippen LogP contribution in [-0.2, 0) is 13.1 Å². The zero-order valence-electron chi connectivity index (χ0n) is 18.6.